The van der Waals surface area contributed by atoms with Crippen molar-refractivity contribution in [1.82, 2.24) is 30.9 Å². The van der Waals surface area contributed by atoms with Crippen LogP contribution < -0.4 is 16.0 Å². The van der Waals surface area contributed by atoms with E-state index in [4.69, 9.17) is 0 Å². The lowest BCUT2D eigenvalue weighted by Crippen LogP contribution is -2.47. The van der Waals surface area contributed by atoms with E-state index in [1.54, 1.807) is 110 Å². The predicted molar refractivity (Wildman–Crippen MR) is 319 cm³/mol. The van der Waals surface area contributed by atoms with Crippen molar-refractivity contribution in [3.05, 3.63) is 189 Å². The zero-order valence-corrected chi connectivity index (χ0v) is 46.6. The van der Waals surface area contributed by atoms with Gasteiger partial charge in [-0.3, -0.25) is 24.5 Å². The minimum absolute atomic E-state index is 0.0401. The largest absolute Gasteiger partial charge is 0.480 e. The quantitative estimate of drug-likeness (QED) is 0.0162. The molecule has 24 heteroatoms. The SMILES string of the molecule is O=C(CCC(CCC(=O)NC(Cc1c[nH]c2c(-c3cccc(C(=O)O)c3)cccc12)C(=O)O)(CCC(=O)NC(Cc1c[nH]c2c(-c3cccc(C(=O)O)c3)cccc12)C(=O)O)[N+](=O)[O-])NC(Cc1c[nH]c2c(-c3cccc(C(=O)O)c3)cccc12)C(=O)O. The minimum Gasteiger partial charge on any atom is -0.480 e. The third-order valence-corrected chi connectivity index (χ3v) is 15.7. The molecule has 0 saturated heterocycles. The maximum atomic E-state index is 13.8. The van der Waals surface area contributed by atoms with E-state index in [0.717, 1.165) is 0 Å². The fourth-order valence-electron chi connectivity index (χ4n) is 11.1. The Kier molecular flexibility index (Phi) is 18.2. The van der Waals surface area contributed by atoms with Crippen molar-refractivity contribution in [3.63, 3.8) is 0 Å². The smallest absolute Gasteiger partial charge is 0.335 e. The van der Waals surface area contributed by atoms with Gasteiger partial charge in [0.25, 0.3) is 0 Å². The summed E-state index contributed by atoms with van der Waals surface area (Å²) in [5.74, 6) is -10.7. The standard InChI is InChI=1S/C64H57N7O17/c72-52(68-49(61(81)82)28-40-31-65-55-43(13-4-16-46(40)55)34-7-1-10-37(25-34)58(75)76)19-22-64(71(87)88,23-20-53(73)69-50(62(83)84)29-41-32-66-56-44(14-5-17-47(41)56)35-8-2-11-38(26-35)59(77)78)24-21-54(74)70-51(63(85)86)30-42-33-67-57-45(15-6-18-48(42)57)36-9-3-12-39(27-36)60(79)80/h1-18,25-27,31-33,49-51,65-67H,19-24,28-30H2,(H,68,72)(H,69,73)(H,70,74)(H,75,76)(H,77,78)(H,79,80)(H,81,82)(H,83,84)(H,85,86). The first-order valence-corrected chi connectivity index (χ1v) is 27.6. The number of carbonyl (C=O) groups excluding carboxylic acids is 3. The first-order chi connectivity index (χ1) is 42.1. The number of fused-ring (bicyclic) bond motifs is 3. The van der Waals surface area contributed by atoms with Gasteiger partial charge in [0.2, 0.25) is 23.3 Å². The monoisotopic (exact) mass is 1200 g/mol. The molecular weight excluding hydrogens is 1140 g/mol. The number of nitrogens with one attached hydrogen (secondary N) is 6. The summed E-state index contributed by atoms with van der Waals surface area (Å²) in [4.78, 5) is 137. The van der Waals surface area contributed by atoms with E-state index in [1.165, 1.54) is 36.4 Å². The summed E-state index contributed by atoms with van der Waals surface area (Å²) in [5, 5.41) is 82.3. The van der Waals surface area contributed by atoms with Crippen LogP contribution in [0.25, 0.3) is 66.1 Å². The molecule has 450 valence electrons. The number of hydrogen-bond acceptors (Lipinski definition) is 11. The highest BCUT2D eigenvalue weighted by Gasteiger charge is 2.44. The van der Waals surface area contributed by atoms with Gasteiger partial charge in [-0.1, -0.05) is 91.0 Å². The molecule has 9 rings (SSSR count). The minimum atomic E-state index is -2.32. The van der Waals surface area contributed by atoms with Gasteiger partial charge in [-0.05, 0) is 69.8 Å². The van der Waals surface area contributed by atoms with E-state index in [1.807, 2.05) is 0 Å². The Morgan fingerprint density at radius 3 is 0.943 bits per heavy atom. The number of aliphatic carboxylic acids is 3. The maximum absolute atomic E-state index is 13.8. The van der Waals surface area contributed by atoms with Gasteiger partial charge in [-0.2, -0.15) is 0 Å². The zero-order chi connectivity index (χ0) is 63.0. The number of nitrogens with zero attached hydrogens (tertiary/aromatic N) is 1. The third kappa shape index (κ3) is 13.7. The van der Waals surface area contributed by atoms with E-state index in [9.17, 15) is 83.9 Å². The lowest BCUT2D eigenvalue weighted by atomic mass is 9.83. The molecule has 88 heavy (non-hydrogen) atoms. The average Bonchev–Trinajstić information content (AvgIpc) is 1.91. The van der Waals surface area contributed by atoms with Crippen molar-refractivity contribution in [2.75, 3.05) is 0 Å². The molecule has 3 atom stereocenters. The summed E-state index contributed by atoms with van der Waals surface area (Å²) in [7, 11) is 0. The van der Waals surface area contributed by atoms with Crippen LogP contribution >= 0.6 is 0 Å². The Labute approximate surface area is 498 Å². The van der Waals surface area contributed by atoms with E-state index in [-0.39, 0.29) is 36.0 Å². The lowest BCUT2D eigenvalue weighted by molar-refractivity contribution is -0.573. The first kappa shape index (κ1) is 61.1. The number of amides is 3. The number of aromatic carboxylic acids is 3. The Hall–Kier alpha value is -11.4. The molecule has 3 aromatic heterocycles. The number of aromatic amines is 3. The second kappa shape index (κ2) is 26.2. The van der Waals surface area contributed by atoms with Gasteiger partial charge in [-0.25, -0.2) is 28.8 Å². The van der Waals surface area contributed by atoms with Crippen molar-refractivity contribution in [3.8, 4) is 33.4 Å². The number of nitro groups is 1. The van der Waals surface area contributed by atoms with Crippen molar-refractivity contribution in [2.24, 2.45) is 0 Å². The number of carboxylic acid groups (broad SMARTS) is 6. The highest BCUT2D eigenvalue weighted by atomic mass is 16.6. The third-order valence-electron chi connectivity index (χ3n) is 15.7. The molecule has 3 heterocycles. The number of hydrogen-bond donors (Lipinski definition) is 12. The van der Waals surface area contributed by atoms with Crippen molar-refractivity contribution in [1.29, 1.82) is 0 Å². The van der Waals surface area contributed by atoms with Gasteiger partial charge in [0.1, 0.15) is 18.1 Å². The van der Waals surface area contributed by atoms with Crippen LogP contribution in [0.15, 0.2) is 146 Å². The Morgan fingerprint density at radius 2 is 0.693 bits per heavy atom. The van der Waals surface area contributed by atoms with Gasteiger partial charge in [0.15, 0.2) is 0 Å². The normalized spacial score (nSPS) is 13.0. The number of para-hydroxylation sites is 3. The van der Waals surface area contributed by atoms with Crippen LogP contribution in [-0.2, 0) is 48.0 Å². The van der Waals surface area contributed by atoms with Crippen molar-refractivity contribution in [2.45, 2.75) is 81.5 Å². The maximum Gasteiger partial charge on any atom is 0.335 e. The van der Waals surface area contributed by atoms with Crippen LogP contribution in [0.4, 0.5) is 0 Å². The number of H-pyrrole nitrogens is 3. The molecule has 0 spiro atoms. The van der Waals surface area contributed by atoms with Crippen LogP contribution in [-0.4, -0.2) is 128 Å². The zero-order valence-electron chi connectivity index (χ0n) is 46.6. The van der Waals surface area contributed by atoms with Gasteiger partial charge in [0, 0.05) is 114 Å². The molecule has 0 radical (unpaired) electrons. The topological polar surface area (TPSA) is 402 Å². The van der Waals surface area contributed by atoms with Gasteiger partial charge >= 0.3 is 35.8 Å². The van der Waals surface area contributed by atoms with Crippen LogP contribution in [0.3, 0.4) is 0 Å². The second-order valence-corrected chi connectivity index (χ2v) is 21.3. The van der Waals surface area contributed by atoms with Gasteiger partial charge in [-0.15, -0.1) is 0 Å². The second-order valence-electron chi connectivity index (χ2n) is 21.3. The van der Waals surface area contributed by atoms with Gasteiger partial charge in [0.05, 0.1) is 33.2 Å². The Morgan fingerprint density at radius 1 is 0.420 bits per heavy atom. The molecule has 0 aliphatic heterocycles. The fourth-order valence-corrected chi connectivity index (χ4v) is 11.1. The molecule has 0 fully saturated rings. The highest BCUT2D eigenvalue weighted by Crippen LogP contribution is 2.35. The number of carboxylic acids is 6. The molecular formula is C64H57N7O17. The van der Waals surface area contributed by atoms with E-state index in [0.29, 0.717) is 82.8 Å². The van der Waals surface area contributed by atoms with Crippen molar-refractivity contribution < 1.29 is 78.7 Å². The summed E-state index contributed by atoms with van der Waals surface area (Å²) >= 11 is 0. The molecule has 6 aromatic carbocycles. The summed E-state index contributed by atoms with van der Waals surface area (Å²) in [6.45, 7) is 0. The average molecular weight is 1200 g/mol. The van der Waals surface area contributed by atoms with Crippen LogP contribution in [0.1, 0.15) is 86.3 Å². The molecule has 24 nitrogen and oxygen atoms in total. The van der Waals surface area contributed by atoms with Crippen LogP contribution in [0.5, 0.6) is 0 Å². The molecule has 12 N–H and O–H groups in total. The number of rotatable bonds is 28. The molecule has 3 amide bonds. The molecule has 0 bridgehead atoms. The number of benzene rings is 6. The van der Waals surface area contributed by atoms with E-state index in [2.05, 4.69) is 30.9 Å². The summed E-state index contributed by atoms with van der Waals surface area (Å²) < 4.78 is 0. The van der Waals surface area contributed by atoms with E-state index < -0.39 is 121 Å². The highest BCUT2D eigenvalue weighted by molar-refractivity contribution is 6.01. The van der Waals surface area contributed by atoms with Gasteiger partial charge < -0.3 is 61.5 Å². The molecule has 0 aliphatic rings. The number of aromatic nitrogens is 3. The lowest BCUT2D eigenvalue weighted by Gasteiger charge is -2.26. The predicted octanol–water partition coefficient (Wildman–Crippen LogP) is 8.32. The Bertz CT molecular complexity index is 3840. The molecule has 0 saturated carbocycles. The van der Waals surface area contributed by atoms with E-state index >= 15 is 0 Å². The molecule has 9 aromatic rings. The summed E-state index contributed by atoms with van der Waals surface area (Å²) in [6.07, 6.45) is -0.421. The van der Waals surface area contributed by atoms with Crippen LogP contribution in [0.2, 0.25) is 0 Å². The first-order valence-electron chi connectivity index (χ1n) is 27.6. The molecule has 0 aliphatic carbocycles. The Balaban J connectivity index is 0.926. The summed E-state index contributed by atoms with van der Waals surface area (Å²) in [6, 6.07) is 29.3. The molecule has 3 unspecified atom stereocenters. The van der Waals surface area contributed by atoms with Crippen molar-refractivity contribution >= 4 is 86.2 Å². The summed E-state index contributed by atoms with van der Waals surface area (Å²) in [5.41, 5.74) is 4.30. The fraction of sp³-hybridized carbons (Fsp3) is 0.203. The number of carbonyl (C=O) groups is 9. The van der Waals surface area contributed by atoms with Crippen LogP contribution in [0, 0.1) is 10.1 Å².